The standard InChI is InChI=1S/C18H14F3N3O2S/c19-18(20,21)11-9-12(10-5-2-1-3-6-10)22-15-14(11)27-17(23-15)24-16(25)13-7-4-8-26-13/h1-3,5-6,9,13H,4,7-8H2,(H,22,23,24,25). The van der Waals surface area contributed by atoms with Crippen LogP contribution in [0.25, 0.3) is 21.6 Å². The van der Waals surface area contributed by atoms with Gasteiger partial charge in [0, 0.05) is 12.2 Å². The highest BCUT2D eigenvalue weighted by Crippen LogP contribution is 2.40. The fourth-order valence-corrected chi connectivity index (χ4v) is 3.85. The minimum absolute atomic E-state index is 0.0451. The van der Waals surface area contributed by atoms with E-state index in [-0.39, 0.29) is 21.2 Å². The second kappa shape index (κ2) is 6.90. The van der Waals surface area contributed by atoms with Crippen LogP contribution in [-0.2, 0) is 15.7 Å². The van der Waals surface area contributed by atoms with Crippen LogP contribution in [0.2, 0.25) is 0 Å². The fraction of sp³-hybridized carbons (Fsp3) is 0.278. The topological polar surface area (TPSA) is 64.1 Å². The third kappa shape index (κ3) is 3.65. The molecule has 1 fully saturated rings. The van der Waals surface area contributed by atoms with Gasteiger partial charge < -0.3 is 4.74 Å². The van der Waals surface area contributed by atoms with Crippen LogP contribution in [0.5, 0.6) is 0 Å². The van der Waals surface area contributed by atoms with Crippen molar-refractivity contribution in [1.82, 2.24) is 9.97 Å². The van der Waals surface area contributed by atoms with Crippen LogP contribution in [-0.4, -0.2) is 28.6 Å². The molecule has 140 valence electrons. The number of nitrogens with zero attached hydrogens (tertiary/aromatic N) is 2. The van der Waals surface area contributed by atoms with Crippen molar-refractivity contribution in [3.05, 3.63) is 42.0 Å². The van der Waals surface area contributed by atoms with E-state index in [2.05, 4.69) is 15.3 Å². The Kier molecular flexibility index (Phi) is 4.56. The van der Waals surface area contributed by atoms with E-state index in [0.717, 1.165) is 23.8 Å². The summed E-state index contributed by atoms with van der Waals surface area (Å²) >= 11 is 0.761. The van der Waals surface area contributed by atoms with Gasteiger partial charge in [-0.15, -0.1) is 0 Å². The normalized spacial score (nSPS) is 17.4. The van der Waals surface area contributed by atoms with E-state index < -0.39 is 23.8 Å². The van der Waals surface area contributed by atoms with E-state index in [1.807, 2.05) is 0 Å². The molecule has 0 radical (unpaired) electrons. The minimum atomic E-state index is -4.56. The molecular weight excluding hydrogens is 379 g/mol. The summed E-state index contributed by atoms with van der Waals surface area (Å²) in [7, 11) is 0. The highest BCUT2D eigenvalue weighted by atomic mass is 32.1. The van der Waals surface area contributed by atoms with Crippen LogP contribution < -0.4 is 5.32 Å². The number of carbonyl (C=O) groups is 1. The van der Waals surface area contributed by atoms with E-state index >= 15 is 0 Å². The van der Waals surface area contributed by atoms with E-state index in [1.165, 1.54) is 0 Å². The summed E-state index contributed by atoms with van der Waals surface area (Å²) < 4.78 is 45.9. The number of nitrogens with one attached hydrogen (secondary N) is 1. The van der Waals surface area contributed by atoms with Gasteiger partial charge in [0.05, 0.1) is 16.0 Å². The number of rotatable bonds is 3. The predicted octanol–water partition coefficient (Wildman–Crippen LogP) is 4.49. The number of amides is 1. The number of hydrogen-bond acceptors (Lipinski definition) is 5. The molecule has 1 saturated heterocycles. The number of ether oxygens (including phenoxy) is 1. The molecule has 9 heteroatoms. The molecule has 2 aromatic heterocycles. The van der Waals surface area contributed by atoms with E-state index in [1.54, 1.807) is 30.3 Å². The molecule has 4 rings (SSSR count). The summed E-state index contributed by atoms with van der Waals surface area (Å²) in [5.41, 5.74) is -0.127. The first-order valence-electron chi connectivity index (χ1n) is 8.28. The molecule has 1 unspecified atom stereocenters. The first-order chi connectivity index (χ1) is 12.9. The van der Waals surface area contributed by atoms with Gasteiger partial charge in [0.2, 0.25) is 0 Å². The quantitative estimate of drug-likeness (QED) is 0.712. The van der Waals surface area contributed by atoms with Gasteiger partial charge in [-0.05, 0) is 18.9 Å². The van der Waals surface area contributed by atoms with Gasteiger partial charge in [-0.1, -0.05) is 41.7 Å². The SMILES string of the molecule is O=C(Nc1nc2nc(-c3ccccc3)cc(C(F)(F)F)c2s1)C1CCCO1. The smallest absolute Gasteiger partial charge is 0.368 e. The number of aromatic nitrogens is 2. The zero-order valence-corrected chi connectivity index (χ0v) is 14.7. The van der Waals surface area contributed by atoms with E-state index in [9.17, 15) is 18.0 Å². The number of carbonyl (C=O) groups excluding carboxylic acids is 1. The maximum absolute atomic E-state index is 13.6. The highest BCUT2D eigenvalue weighted by molar-refractivity contribution is 7.22. The summed E-state index contributed by atoms with van der Waals surface area (Å²) in [4.78, 5) is 20.5. The van der Waals surface area contributed by atoms with Crippen molar-refractivity contribution in [3.8, 4) is 11.3 Å². The van der Waals surface area contributed by atoms with Crippen LogP contribution >= 0.6 is 11.3 Å². The summed E-state index contributed by atoms with van der Waals surface area (Å²) in [5, 5.41) is 2.62. The molecule has 0 saturated carbocycles. The van der Waals surface area contributed by atoms with Gasteiger partial charge in [-0.3, -0.25) is 10.1 Å². The Morgan fingerprint density at radius 1 is 1.22 bits per heavy atom. The van der Waals surface area contributed by atoms with Crippen LogP contribution in [0, 0.1) is 0 Å². The van der Waals surface area contributed by atoms with Crippen molar-refractivity contribution in [2.45, 2.75) is 25.1 Å². The molecule has 3 aromatic rings. The Balaban J connectivity index is 1.75. The van der Waals surface area contributed by atoms with E-state index in [4.69, 9.17) is 4.74 Å². The molecule has 1 amide bonds. The molecule has 0 spiro atoms. The van der Waals surface area contributed by atoms with Crippen molar-refractivity contribution in [2.75, 3.05) is 11.9 Å². The second-order valence-corrected chi connectivity index (χ2v) is 7.08. The Morgan fingerprint density at radius 2 is 2.00 bits per heavy atom. The Hall–Kier alpha value is -2.52. The number of halogens is 3. The molecule has 0 aliphatic carbocycles. The average molecular weight is 393 g/mol. The number of thiazole rings is 1. The highest BCUT2D eigenvalue weighted by Gasteiger charge is 2.35. The van der Waals surface area contributed by atoms with Crippen LogP contribution in [0.1, 0.15) is 18.4 Å². The molecule has 5 nitrogen and oxygen atoms in total. The number of alkyl halides is 3. The number of anilines is 1. The Labute approximate surface area is 156 Å². The minimum Gasteiger partial charge on any atom is -0.368 e. The second-order valence-electron chi connectivity index (χ2n) is 6.08. The van der Waals surface area contributed by atoms with Crippen molar-refractivity contribution >= 4 is 32.7 Å². The molecule has 3 heterocycles. The van der Waals surface area contributed by atoms with Crippen molar-refractivity contribution in [2.24, 2.45) is 0 Å². The number of fused-ring (bicyclic) bond motifs is 1. The molecule has 27 heavy (non-hydrogen) atoms. The van der Waals surface area contributed by atoms with Crippen LogP contribution in [0.3, 0.4) is 0 Å². The zero-order chi connectivity index (χ0) is 19.0. The molecule has 0 bridgehead atoms. The maximum Gasteiger partial charge on any atom is 0.417 e. The van der Waals surface area contributed by atoms with Crippen molar-refractivity contribution < 1.29 is 22.7 Å². The zero-order valence-electron chi connectivity index (χ0n) is 13.9. The summed E-state index contributed by atoms with van der Waals surface area (Å²) in [5.74, 6) is -0.400. The van der Waals surface area contributed by atoms with Crippen LogP contribution in [0.15, 0.2) is 36.4 Å². The first-order valence-corrected chi connectivity index (χ1v) is 9.10. The average Bonchev–Trinajstić information content (AvgIpc) is 3.30. The molecule has 1 atom stereocenters. The van der Waals surface area contributed by atoms with Gasteiger partial charge in [0.1, 0.15) is 6.10 Å². The monoisotopic (exact) mass is 393 g/mol. The molecule has 1 aliphatic heterocycles. The number of hydrogen-bond donors (Lipinski definition) is 1. The molecular formula is C18H14F3N3O2S. The predicted molar refractivity (Wildman–Crippen MR) is 95.5 cm³/mol. The van der Waals surface area contributed by atoms with Gasteiger partial charge in [0.15, 0.2) is 10.8 Å². The lowest BCUT2D eigenvalue weighted by atomic mass is 10.1. The summed E-state index contributed by atoms with van der Waals surface area (Å²) in [6, 6.07) is 9.60. The molecule has 1 aromatic carbocycles. The Morgan fingerprint density at radius 3 is 2.67 bits per heavy atom. The molecule has 1 N–H and O–H groups in total. The maximum atomic E-state index is 13.6. The van der Waals surface area contributed by atoms with Gasteiger partial charge >= 0.3 is 6.18 Å². The third-order valence-corrected chi connectivity index (χ3v) is 5.18. The fourth-order valence-electron chi connectivity index (χ4n) is 2.90. The molecule has 1 aliphatic rings. The first kappa shape index (κ1) is 17.9. The van der Waals surface area contributed by atoms with Gasteiger partial charge in [-0.25, -0.2) is 4.98 Å². The van der Waals surface area contributed by atoms with Gasteiger partial charge in [-0.2, -0.15) is 18.2 Å². The van der Waals surface area contributed by atoms with Gasteiger partial charge in [0.25, 0.3) is 5.91 Å². The lowest BCUT2D eigenvalue weighted by Crippen LogP contribution is -2.26. The number of benzene rings is 1. The van der Waals surface area contributed by atoms with E-state index in [0.29, 0.717) is 18.6 Å². The third-order valence-electron chi connectivity index (χ3n) is 4.19. The lowest BCUT2D eigenvalue weighted by Gasteiger charge is -2.09. The largest absolute Gasteiger partial charge is 0.417 e. The summed E-state index contributed by atoms with van der Waals surface area (Å²) in [6.07, 6.45) is -3.79. The number of pyridine rings is 1. The summed E-state index contributed by atoms with van der Waals surface area (Å²) in [6.45, 7) is 0.498. The van der Waals surface area contributed by atoms with Crippen molar-refractivity contribution in [1.29, 1.82) is 0 Å². The van der Waals surface area contributed by atoms with Crippen molar-refractivity contribution in [3.63, 3.8) is 0 Å². The van der Waals surface area contributed by atoms with Crippen LogP contribution in [0.4, 0.5) is 18.3 Å². The Bertz CT molecular complexity index is 983. The lowest BCUT2D eigenvalue weighted by molar-refractivity contribution is -0.136.